The summed E-state index contributed by atoms with van der Waals surface area (Å²) >= 11 is 0. The summed E-state index contributed by atoms with van der Waals surface area (Å²) < 4.78 is 54.6. The van der Waals surface area contributed by atoms with Gasteiger partial charge in [0.05, 0.1) is 0 Å². The van der Waals surface area contributed by atoms with Gasteiger partial charge in [0.1, 0.15) is 9.79 Å². The Labute approximate surface area is 137 Å². The van der Waals surface area contributed by atoms with Gasteiger partial charge in [-0.1, -0.05) is 36.4 Å². The molecule has 0 aliphatic heterocycles. The molecule has 0 saturated heterocycles. The molecule has 0 N–H and O–H groups in total. The smallest absolute Gasteiger partial charge is 0.193 e. The molecule has 0 bridgehead atoms. The Morgan fingerprint density at radius 2 is 0.870 bits per heavy atom. The normalized spacial score (nSPS) is 12.3. The maximum Gasteiger partial charge on any atom is 0.312 e. The highest BCUT2D eigenvalue weighted by molar-refractivity contribution is 8.00. The molecule has 5 nitrogen and oxygen atoms in total. The third-order valence-electron chi connectivity index (χ3n) is 3.50. The van der Waals surface area contributed by atoms with E-state index in [9.17, 15) is 16.8 Å². The summed E-state index contributed by atoms with van der Waals surface area (Å²) in [5.41, 5.74) is 1.73. The van der Waals surface area contributed by atoms with Crippen molar-refractivity contribution < 1.29 is 20.5 Å². The van der Waals surface area contributed by atoms with E-state index in [0.717, 1.165) is 0 Å². The minimum absolute atomic E-state index is 0.116. The van der Waals surface area contributed by atoms with E-state index >= 15 is 0 Å². The summed E-state index contributed by atoms with van der Waals surface area (Å²) in [4.78, 5) is -0.232. The predicted molar refractivity (Wildman–Crippen MR) is 87.3 cm³/mol. The molecule has 0 aliphatic rings. The SMILES string of the molecule is Cc1cccc(C)c1S(=O)(=O)OS(=O)(=O)c1c(C)cccc1C. The molecule has 0 radical (unpaired) electrons. The first-order valence-corrected chi connectivity index (χ1v) is 9.71. The fraction of sp³-hybridized carbons (Fsp3) is 0.250. The molecule has 2 aromatic rings. The standard InChI is InChI=1S/C16H18O5S2/c1-11-7-5-8-12(2)15(11)22(17,18)21-23(19,20)16-13(3)9-6-10-14(16)4/h5-10H,1-4H3. The summed E-state index contributed by atoms with van der Waals surface area (Å²) in [6.07, 6.45) is 0. The Morgan fingerprint density at radius 1 is 0.609 bits per heavy atom. The molecule has 7 heteroatoms. The Balaban J connectivity index is 2.57. The molecule has 0 saturated carbocycles. The molecule has 0 spiro atoms. The lowest BCUT2D eigenvalue weighted by atomic mass is 10.2. The lowest BCUT2D eigenvalue weighted by Crippen LogP contribution is -2.17. The van der Waals surface area contributed by atoms with Crippen LogP contribution in [0, 0.1) is 27.7 Å². The van der Waals surface area contributed by atoms with Crippen molar-refractivity contribution in [2.24, 2.45) is 0 Å². The Hall–Kier alpha value is -1.70. The fourth-order valence-corrected chi connectivity index (χ4v) is 5.91. The lowest BCUT2D eigenvalue weighted by molar-refractivity contribution is 0.460. The predicted octanol–water partition coefficient (Wildman–Crippen LogP) is 3.01. The highest BCUT2D eigenvalue weighted by Crippen LogP contribution is 2.28. The van der Waals surface area contributed by atoms with Crippen LogP contribution >= 0.6 is 0 Å². The lowest BCUT2D eigenvalue weighted by Gasteiger charge is -2.13. The minimum atomic E-state index is -4.45. The maximum atomic E-state index is 12.5. The van der Waals surface area contributed by atoms with Gasteiger partial charge in [-0.25, -0.2) is 0 Å². The van der Waals surface area contributed by atoms with Crippen molar-refractivity contribution in [3.63, 3.8) is 0 Å². The van der Waals surface area contributed by atoms with E-state index in [1.807, 2.05) is 0 Å². The number of hydrogen-bond donors (Lipinski definition) is 0. The van der Waals surface area contributed by atoms with Gasteiger partial charge in [-0.3, -0.25) is 0 Å². The molecule has 0 aliphatic carbocycles. The zero-order valence-electron chi connectivity index (χ0n) is 13.3. The Bertz CT molecular complexity index is 838. The van der Waals surface area contributed by atoms with Gasteiger partial charge in [-0.15, -0.1) is 3.63 Å². The zero-order valence-corrected chi connectivity index (χ0v) is 15.0. The van der Waals surface area contributed by atoms with E-state index in [4.69, 9.17) is 0 Å². The molecule has 2 aromatic carbocycles. The summed E-state index contributed by atoms with van der Waals surface area (Å²) in [6, 6.07) is 9.76. The van der Waals surface area contributed by atoms with Gasteiger partial charge in [0.25, 0.3) is 0 Å². The molecule has 23 heavy (non-hydrogen) atoms. The van der Waals surface area contributed by atoms with Crippen LogP contribution in [-0.2, 0) is 23.9 Å². The molecule has 0 aromatic heterocycles. The maximum absolute atomic E-state index is 12.5. The zero-order chi connectivity index (χ0) is 17.4. The quantitative estimate of drug-likeness (QED) is 0.843. The van der Waals surface area contributed by atoms with Crippen molar-refractivity contribution >= 4 is 20.2 Å². The monoisotopic (exact) mass is 354 g/mol. The first-order chi connectivity index (χ1) is 10.6. The van der Waals surface area contributed by atoms with Gasteiger partial charge >= 0.3 is 20.2 Å². The van der Waals surface area contributed by atoms with Crippen molar-refractivity contribution in [2.45, 2.75) is 37.5 Å². The van der Waals surface area contributed by atoms with Gasteiger partial charge in [-0.05, 0) is 49.9 Å². The van der Waals surface area contributed by atoms with Crippen molar-refractivity contribution in [1.29, 1.82) is 0 Å². The van der Waals surface area contributed by atoms with E-state index < -0.39 is 20.2 Å². The van der Waals surface area contributed by atoms with E-state index in [-0.39, 0.29) is 9.79 Å². The van der Waals surface area contributed by atoms with Crippen LogP contribution in [0.5, 0.6) is 0 Å². The van der Waals surface area contributed by atoms with Gasteiger partial charge in [0.15, 0.2) is 0 Å². The van der Waals surface area contributed by atoms with Crippen LogP contribution in [-0.4, -0.2) is 16.8 Å². The summed E-state index contributed by atoms with van der Waals surface area (Å²) in [6.45, 7) is 6.37. The third kappa shape index (κ3) is 3.46. The van der Waals surface area contributed by atoms with Gasteiger partial charge < -0.3 is 0 Å². The van der Waals surface area contributed by atoms with E-state index in [2.05, 4.69) is 3.63 Å². The second-order valence-corrected chi connectivity index (χ2v) is 8.60. The van der Waals surface area contributed by atoms with Crippen LogP contribution in [0.1, 0.15) is 22.3 Å². The molecule has 2 rings (SSSR count). The first-order valence-electron chi connectivity index (χ1n) is 6.90. The third-order valence-corrected chi connectivity index (χ3v) is 7.22. The minimum Gasteiger partial charge on any atom is -0.193 e. The van der Waals surface area contributed by atoms with Crippen molar-refractivity contribution in [3.8, 4) is 0 Å². The fourth-order valence-electron chi connectivity index (χ4n) is 2.57. The second-order valence-electron chi connectivity index (χ2n) is 5.42. The Kier molecular flexibility index (Phi) is 4.66. The highest BCUT2D eigenvalue weighted by Gasteiger charge is 2.31. The first kappa shape index (κ1) is 17.7. The van der Waals surface area contributed by atoms with E-state index in [1.54, 1.807) is 64.1 Å². The topological polar surface area (TPSA) is 77.5 Å². The molecule has 0 unspecified atom stereocenters. The van der Waals surface area contributed by atoms with Crippen LogP contribution in [0.4, 0.5) is 0 Å². The molecule has 0 atom stereocenters. The second kappa shape index (κ2) is 6.07. The highest BCUT2D eigenvalue weighted by atomic mass is 32.3. The molecule has 124 valence electrons. The molecule has 0 heterocycles. The average molecular weight is 354 g/mol. The number of aryl methyl sites for hydroxylation is 4. The van der Waals surface area contributed by atoms with Gasteiger partial charge in [-0.2, -0.15) is 16.8 Å². The molecular weight excluding hydrogens is 336 g/mol. The summed E-state index contributed by atoms with van der Waals surface area (Å²) in [5.74, 6) is 0. The summed E-state index contributed by atoms with van der Waals surface area (Å²) in [7, 11) is -8.90. The average Bonchev–Trinajstić information content (AvgIpc) is 2.35. The van der Waals surface area contributed by atoms with Crippen molar-refractivity contribution in [2.75, 3.05) is 0 Å². The van der Waals surface area contributed by atoms with E-state index in [0.29, 0.717) is 22.3 Å². The van der Waals surface area contributed by atoms with Crippen LogP contribution in [0.3, 0.4) is 0 Å². The van der Waals surface area contributed by atoms with Crippen LogP contribution in [0.2, 0.25) is 0 Å². The molecule has 0 fully saturated rings. The van der Waals surface area contributed by atoms with E-state index in [1.165, 1.54) is 0 Å². The molecule has 0 amide bonds. The van der Waals surface area contributed by atoms with Crippen molar-refractivity contribution in [3.05, 3.63) is 58.7 Å². The number of benzene rings is 2. The van der Waals surface area contributed by atoms with Gasteiger partial charge in [0.2, 0.25) is 0 Å². The van der Waals surface area contributed by atoms with Gasteiger partial charge in [0, 0.05) is 0 Å². The number of rotatable bonds is 4. The largest absolute Gasteiger partial charge is 0.312 e. The van der Waals surface area contributed by atoms with Crippen LogP contribution < -0.4 is 0 Å². The Morgan fingerprint density at radius 3 is 1.13 bits per heavy atom. The van der Waals surface area contributed by atoms with Crippen molar-refractivity contribution in [1.82, 2.24) is 0 Å². The molecular formula is C16H18O5S2. The summed E-state index contributed by atoms with van der Waals surface area (Å²) in [5, 5.41) is 0. The number of hydrogen-bond acceptors (Lipinski definition) is 5. The van der Waals surface area contributed by atoms with Crippen LogP contribution in [0.15, 0.2) is 46.2 Å². The van der Waals surface area contributed by atoms with Crippen LogP contribution in [0.25, 0.3) is 0 Å².